The quantitative estimate of drug-likeness (QED) is 0.903. The Bertz CT molecular complexity index is 854. The Labute approximate surface area is 151 Å². The number of hydrogen-bond acceptors (Lipinski definition) is 2. The third-order valence-corrected chi connectivity index (χ3v) is 4.99. The fraction of sp³-hybridized carbons (Fsp3) is 0.300. The van der Waals surface area contributed by atoms with Gasteiger partial charge in [-0.05, 0) is 35.7 Å². The van der Waals surface area contributed by atoms with E-state index in [1.54, 1.807) is 17.0 Å². The van der Waals surface area contributed by atoms with Crippen LogP contribution in [-0.2, 0) is 17.8 Å². The van der Waals surface area contributed by atoms with Crippen molar-refractivity contribution < 1.29 is 14.0 Å². The van der Waals surface area contributed by atoms with Crippen molar-refractivity contribution in [2.45, 2.75) is 25.4 Å². The minimum absolute atomic E-state index is 0.107. The van der Waals surface area contributed by atoms with Crippen molar-refractivity contribution in [3.05, 3.63) is 65.5 Å². The highest BCUT2D eigenvalue weighted by molar-refractivity contribution is 5.96. The molecule has 2 aromatic carbocycles. The van der Waals surface area contributed by atoms with Crippen LogP contribution < -0.4 is 10.2 Å². The van der Waals surface area contributed by atoms with E-state index in [1.165, 1.54) is 22.6 Å². The van der Waals surface area contributed by atoms with Crippen molar-refractivity contribution >= 4 is 17.6 Å². The zero-order chi connectivity index (χ0) is 18.1. The Morgan fingerprint density at radius 2 is 1.92 bits per heavy atom. The monoisotopic (exact) mass is 353 g/mol. The Morgan fingerprint density at radius 3 is 2.73 bits per heavy atom. The topological polar surface area (TPSA) is 52.7 Å². The van der Waals surface area contributed by atoms with Gasteiger partial charge in [-0.1, -0.05) is 30.3 Å². The van der Waals surface area contributed by atoms with Crippen molar-refractivity contribution in [2.75, 3.05) is 18.0 Å². The lowest BCUT2D eigenvalue weighted by atomic mass is 10.0. The molecule has 2 aromatic rings. The van der Waals surface area contributed by atoms with E-state index in [9.17, 15) is 14.0 Å². The van der Waals surface area contributed by atoms with E-state index in [1.807, 2.05) is 18.2 Å². The summed E-state index contributed by atoms with van der Waals surface area (Å²) in [6, 6.07) is 13.7. The van der Waals surface area contributed by atoms with Crippen molar-refractivity contribution in [2.24, 2.45) is 0 Å². The van der Waals surface area contributed by atoms with E-state index in [-0.39, 0.29) is 30.2 Å². The van der Waals surface area contributed by atoms with E-state index >= 15 is 0 Å². The van der Waals surface area contributed by atoms with Crippen molar-refractivity contribution in [1.29, 1.82) is 0 Å². The number of fused-ring (bicyclic) bond motifs is 1. The Balaban J connectivity index is 1.39. The number of anilines is 1. The summed E-state index contributed by atoms with van der Waals surface area (Å²) in [5.41, 5.74) is 2.97. The van der Waals surface area contributed by atoms with Crippen LogP contribution in [0.3, 0.4) is 0 Å². The first-order valence-corrected chi connectivity index (χ1v) is 8.78. The molecule has 1 saturated heterocycles. The molecule has 1 fully saturated rings. The molecule has 26 heavy (non-hydrogen) atoms. The van der Waals surface area contributed by atoms with Crippen LogP contribution >= 0.6 is 0 Å². The van der Waals surface area contributed by atoms with Crippen LogP contribution in [0.25, 0.3) is 0 Å². The number of benzene rings is 2. The van der Waals surface area contributed by atoms with Crippen LogP contribution in [0.5, 0.6) is 0 Å². The molecule has 0 bridgehead atoms. The third kappa shape index (κ3) is 3.27. The lowest BCUT2D eigenvalue weighted by molar-refractivity contribution is -0.117. The maximum atomic E-state index is 13.4. The van der Waals surface area contributed by atoms with E-state index in [0.29, 0.717) is 25.3 Å². The highest BCUT2D eigenvalue weighted by Gasteiger charge is 2.33. The second-order valence-electron chi connectivity index (χ2n) is 6.78. The summed E-state index contributed by atoms with van der Waals surface area (Å²) >= 11 is 0. The number of halogens is 1. The van der Waals surface area contributed by atoms with Crippen molar-refractivity contribution in [1.82, 2.24) is 10.2 Å². The number of nitrogens with one attached hydrogen (secondary N) is 1. The maximum Gasteiger partial charge on any atom is 0.318 e. The molecule has 0 aliphatic carbocycles. The molecular formula is C20H20FN3O2. The summed E-state index contributed by atoms with van der Waals surface area (Å²) in [6.07, 6.45) is 1.06. The average molecular weight is 353 g/mol. The van der Waals surface area contributed by atoms with Gasteiger partial charge < -0.3 is 15.1 Å². The third-order valence-electron chi connectivity index (χ3n) is 4.99. The molecule has 0 saturated carbocycles. The van der Waals surface area contributed by atoms with Crippen LogP contribution in [0, 0.1) is 5.82 Å². The number of carbonyl (C=O) groups excluding carboxylic acids is 2. The van der Waals surface area contributed by atoms with E-state index < -0.39 is 0 Å². The van der Waals surface area contributed by atoms with Gasteiger partial charge in [-0.2, -0.15) is 0 Å². The van der Waals surface area contributed by atoms with Gasteiger partial charge in [-0.3, -0.25) is 4.79 Å². The molecule has 2 heterocycles. The van der Waals surface area contributed by atoms with Crippen molar-refractivity contribution in [3.63, 3.8) is 0 Å². The number of rotatable bonds is 2. The minimum Gasteiger partial charge on any atom is -0.333 e. The van der Waals surface area contributed by atoms with Crippen LogP contribution in [0.2, 0.25) is 0 Å². The first-order chi connectivity index (χ1) is 12.6. The van der Waals surface area contributed by atoms with E-state index in [2.05, 4.69) is 11.4 Å². The summed E-state index contributed by atoms with van der Waals surface area (Å²) in [7, 11) is 0. The largest absolute Gasteiger partial charge is 0.333 e. The molecule has 2 aliphatic rings. The molecule has 5 nitrogen and oxygen atoms in total. The van der Waals surface area contributed by atoms with Crippen molar-refractivity contribution in [3.8, 4) is 0 Å². The lowest BCUT2D eigenvalue weighted by Crippen LogP contribution is -2.47. The number of amides is 3. The summed E-state index contributed by atoms with van der Waals surface area (Å²) in [5.74, 6) is -0.486. The zero-order valence-corrected chi connectivity index (χ0v) is 14.3. The zero-order valence-electron chi connectivity index (χ0n) is 14.3. The van der Waals surface area contributed by atoms with E-state index in [0.717, 1.165) is 12.0 Å². The summed E-state index contributed by atoms with van der Waals surface area (Å²) in [6.45, 7) is 1.60. The van der Waals surface area contributed by atoms with Crippen LogP contribution in [-0.4, -0.2) is 36.0 Å². The normalized spacial score (nSPS) is 19.4. The predicted octanol–water partition coefficient (Wildman–Crippen LogP) is 2.70. The molecule has 0 unspecified atom stereocenters. The molecule has 1 N–H and O–H groups in total. The SMILES string of the molecule is O=C(N[C@@H]1CC(=O)N(c2cccc(F)c2)C1)N1CCc2ccccc2C1. The molecule has 1 atom stereocenters. The fourth-order valence-electron chi connectivity index (χ4n) is 3.63. The molecule has 3 amide bonds. The van der Waals surface area contributed by atoms with Gasteiger partial charge in [-0.15, -0.1) is 0 Å². The summed E-state index contributed by atoms with van der Waals surface area (Å²) < 4.78 is 13.4. The second-order valence-corrected chi connectivity index (χ2v) is 6.78. The molecule has 6 heteroatoms. The highest BCUT2D eigenvalue weighted by Crippen LogP contribution is 2.23. The van der Waals surface area contributed by atoms with Gasteiger partial charge in [-0.25, -0.2) is 9.18 Å². The molecule has 2 aliphatic heterocycles. The number of urea groups is 1. The summed E-state index contributed by atoms with van der Waals surface area (Å²) in [4.78, 5) is 28.2. The van der Waals surface area contributed by atoms with Gasteiger partial charge in [0.2, 0.25) is 5.91 Å². The van der Waals surface area contributed by atoms with Crippen LogP contribution in [0.1, 0.15) is 17.5 Å². The molecule has 0 spiro atoms. The summed E-state index contributed by atoms with van der Waals surface area (Å²) in [5, 5.41) is 2.95. The highest BCUT2D eigenvalue weighted by atomic mass is 19.1. The van der Waals surface area contributed by atoms with Crippen LogP contribution in [0.4, 0.5) is 14.9 Å². The maximum absolute atomic E-state index is 13.4. The molecule has 0 aromatic heterocycles. The lowest BCUT2D eigenvalue weighted by Gasteiger charge is -2.30. The van der Waals surface area contributed by atoms with E-state index in [4.69, 9.17) is 0 Å². The Hall–Kier alpha value is -2.89. The molecule has 0 radical (unpaired) electrons. The average Bonchev–Trinajstić information content (AvgIpc) is 3.01. The number of hydrogen-bond donors (Lipinski definition) is 1. The molecule has 134 valence electrons. The Morgan fingerprint density at radius 1 is 1.12 bits per heavy atom. The van der Waals surface area contributed by atoms with Gasteiger partial charge in [0.25, 0.3) is 0 Å². The second kappa shape index (κ2) is 6.78. The van der Waals surface area contributed by atoms with Gasteiger partial charge >= 0.3 is 6.03 Å². The van der Waals surface area contributed by atoms with Crippen LogP contribution in [0.15, 0.2) is 48.5 Å². The number of nitrogens with zero attached hydrogens (tertiary/aromatic N) is 2. The fourth-order valence-corrected chi connectivity index (χ4v) is 3.63. The Kier molecular flexibility index (Phi) is 4.32. The van der Waals surface area contributed by atoms with Gasteiger partial charge in [0.15, 0.2) is 0 Å². The number of carbonyl (C=O) groups is 2. The van der Waals surface area contributed by atoms with Gasteiger partial charge in [0.1, 0.15) is 5.82 Å². The van der Waals surface area contributed by atoms with Gasteiger partial charge in [0.05, 0.1) is 6.04 Å². The smallest absolute Gasteiger partial charge is 0.318 e. The first kappa shape index (κ1) is 16.6. The van der Waals surface area contributed by atoms with Gasteiger partial charge in [0, 0.05) is 31.7 Å². The predicted molar refractivity (Wildman–Crippen MR) is 96.2 cm³/mol. The first-order valence-electron chi connectivity index (χ1n) is 8.78. The molecule has 4 rings (SSSR count). The standard InChI is InChI=1S/C20H20FN3O2/c21-16-6-3-7-18(10-16)24-13-17(11-19(24)25)22-20(26)23-9-8-14-4-1-2-5-15(14)12-23/h1-7,10,17H,8-9,11-13H2,(H,22,26)/t17-/m1/s1. The molecular weight excluding hydrogens is 333 g/mol. The minimum atomic E-state index is -0.380.